The van der Waals surface area contributed by atoms with E-state index in [1.807, 2.05) is 0 Å². The van der Waals surface area contributed by atoms with Gasteiger partial charge >= 0.3 is 0 Å². The first kappa shape index (κ1) is 6.26. The van der Waals surface area contributed by atoms with Gasteiger partial charge in [-0.05, 0) is 13.1 Å². The van der Waals surface area contributed by atoms with Gasteiger partial charge in [-0.25, -0.2) is 0 Å². The van der Waals surface area contributed by atoms with Crippen LogP contribution in [-0.2, 0) is 9.16 Å². The van der Waals surface area contributed by atoms with E-state index in [2.05, 4.69) is 13.1 Å². The zero-order valence-electron chi connectivity index (χ0n) is 5.39. The minimum Gasteiger partial charge on any atom is -0.418 e. The van der Waals surface area contributed by atoms with Crippen LogP contribution in [0.15, 0.2) is 0 Å². The van der Waals surface area contributed by atoms with Crippen LogP contribution in [0.2, 0.25) is 13.1 Å². The lowest BCUT2D eigenvalue weighted by Crippen LogP contribution is -2.11. The van der Waals surface area contributed by atoms with Gasteiger partial charge in [0.1, 0.15) is 6.10 Å². The molecule has 0 aromatic carbocycles. The fourth-order valence-electron chi connectivity index (χ4n) is 0.464. The van der Waals surface area contributed by atoms with Gasteiger partial charge in [0.2, 0.25) is 0 Å². The Morgan fingerprint density at radius 1 is 1.75 bits per heavy atom. The Hall–Kier alpha value is 0.137. The molecule has 1 unspecified atom stereocenters. The fourth-order valence-corrected chi connectivity index (χ4v) is 1.06. The highest BCUT2D eigenvalue weighted by atomic mass is 28.3. The third-order valence-electron chi connectivity index (χ3n) is 1.02. The van der Waals surface area contributed by atoms with E-state index >= 15 is 0 Å². The maximum Gasteiger partial charge on any atom is 0.171 e. The van der Waals surface area contributed by atoms with E-state index in [9.17, 15) is 0 Å². The van der Waals surface area contributed by atoms with Crippen LogP contribution in [0, 0.1) is 0 Å². The molecule has 1 aliphatic rings. The Bertz CT molecular complexity index is 68.8. The Kier molecular flexibility index (Phi) is 2.05. The van der Waals surface area contributed by atoms with E-state index < -0.39 is 9.04 Å². The van der Waals surface area contributed by atoms with Gasteiger partial charge < -0.3 is 9.16 Å². The van der Waals surface area contributed by atoms with Crippen LogP contribution in [-0.4, -0.2) is 28.4 Å². The van der Waals surface area contributed by atoms with Crippen molar-refractivity contribution in [1.82, 2.24) is 0 Å². The van der Waals surface area contributed by atoms with E-state index in [0.29, 0.717) is 6.10 Å². The topological polar surface area (TPSA) is 21.8 Å². The zero-order chi connectivity index (χ0) is 5.98. The van der Waals surface area contributed by atoms with Crippen LogP contribution in [0.3, 0.4) is 0 Å². The minimum absolute atomic E-state index is 0.449. The molecule has 0 aromatic rings. The van der Waals surface area contributed by atoms with Gasteiger partial charge in [0.05, 0.1) is 13.2 Å². The summed E-state index contributed by atoms with van der Waals surface area (Å²) in [5.41, 5.74) is 0. The standard InChI is InChI=1S/C5H12O2Si/c1-8(2)7-4-5-3-6-5/h5,8H,3-4H2,1-2H3. The van der Waals surface area contributed by atoms with E-state index in [1.54, 1.807) is 0 Å². The fraction of sp³-hybridized carbons (Fsp3) is 1.00. The molecule has 1 atom stereocenters. The average molecular weight is 132 g/mol. The molecular weight excluding hydrogens is 120 g/mol. The molecule has 0 aromatic heterocycles. The Morgan fingerprint density at radius 2 is 2.38 bits per heavy atom. The summed E-state index contributed by atoms with van der Waals surface area (Å²) in [7, 11) is -0.767. The van der Waals surface area contributed by atoms with Gasteiger partial charge in [-0.1, -0.05) is 0 Å². The van der Waals surface area contributed by atoms with Gasteiger partial charge in [-0.3, -0.25) is 0 Å². The van der Waals surface area contributed by atoms with Crippen molar-refractivity contribution >= 4 is 9.04 Å². The largest absolute Gasteiger partial charge is 0.418 e. The van der Waals surface area contributed by atoms with Crippen molar-refractivity contribution < 1.29 is 9.16 Å². The molecule has 0 N–H and O–H groups in total. The zero-order valence-corrected chi connectivity index (χ0v) is 6.54. The molecule has 1 heterocycles. The normalized spacial score (nSPS) is 26.6. The monoisotopic (exact) mass is 132 g/mol. The molecule has 0 saturated carbocycles. The quantitative estimate of drug-likeness (QED) is 0.409. The molecule has 8 heavy (non-hydrogen) atoms. The van der Waals surface area contributed by atoms with E-state index in [1.165, 1.54) is 0 Å². The highest BCUT2D eigenvalue weighted by Crippen LogP contribution is 2.08. The molecule has 0 aliphatic carbocycles. The minimum atomic E-state index is -0.767. The lowest BCUT2D eigenvalue weighted by Gasteiger charge is -2.01. The van der Waals surface area contributed by atoms with Crippen molar-refractivity contribution in [2.75, 3.05) is 13.2 Å². The van der Waals surface area contributed by atoms with Crippen LogP contribution in [0.25, 0.3) is 0 Å². The summed E-state index contributed by atoms with van der Waals surface area (Å²) < 4.78 is 10.3. The van der Waals surface area contributed by atoms with Crippen molar-refractivity contribution in [1.29, 1.82) is 0 Å². The molecule has 3 heteroatoms. The van der Waals surface area contributed by atoms with E-state index in [-0.39, 0.29) is 0 Å². The van der Waals surface area contributed by atoms with Gasteiger partial charge in [-0.2, -0.15) is 0 Å². The molecular formula is C5H12O2Si. The maximum atomic E-state index is 5.38. The number of rotatable bonds is 3. The van der Waals surface area contributed by atoms with E-state index in [0.717, 1.165) is 13.2 Å². The number of hydrogen-bond donors (Lipinski definition) is 0. The smallest absolute Gasteiger partial charge is 0.171 e. The van der Waals surface area contributed by atoms with Crippen LogP contribution >= 0.6 is 0 Å². The predicted molar refractivity (Wildman–Crippen MR) is 34.6 cm³/mol. The van der Waals surface area contributed by atoms with Crippen LogP contribution in [0.4, 0.5) is 0 Å². The Morgan fingerprint density at radius 3 is 2.75 bits per heavy atom. The molecule has 1 aliphatic heterocycles. The van der Waals surface area contributed by atoms with Crippen molar-refractivity contribution in [3.63, 3.8) is 0 Å². The number of epoxide rings is 1. The highest BCUT2D eigenvalue weighted by molar-refractivity contribution is 6.48. The average Bonchev–Trinajstić information content (AvgIpc) is 2.41. The Labute approximate surface area is 51.5 Å². The van der Waals surface area contributed by atoms with Crippen molar-refractivity contribution in [2.45, 2.75) is 19.2 Å². The third-order valence-corrected chi connectivity index (χ3v) is 1.88. The molecule has 0 spiro atoms. The highest BCUT2D eigenvalue weighted by Gasteiger charge is 2.22. The first-order chi connectivity index (χ1) is 3.79. The second-order valence-corrected chi connectivity index (χ2v) is 4.77. The summed E-state index contributed by atoms with van der Waals surface area (Å²) in [5, 5.41) is 0. The number of hydrogen-bond acceptors (Lipinski definition) is 2. The summed E-state index contributed by atoms with van der Waals surface area (Å²) in [6.45, 7) is 6.09. The lowest BCUT2D eigenvalue weighted by atomic mass is 10.5. The molecule has 1 saturated heterocycles. The molecule has 0 radical (unpaired) electrons. The molecule has 0 amide bonds. The van der Waals surface area contributed by atoms with Crippen molar-refractivity contribution in [3.05, 3.63) is 0 Å². The lowest BCUT2D eigenvalue weighted by molar-refractivity contribution is 0.267. The summed E-state index contributed by atoms with van der Waals surface area (Å²) in [5.74, 6) is 0. The molecule has 2 nitrogen and oxygen atoms in total. The van der Waals surface area contributed by atoms with Crippen molar-refractivity contribution in [3.8, 4) is 0 Å². The molecule has 0 bridgehead atoms. The summed E-state index contributed by atoms with van der Waals surface area (Å²) in [6, 6.07) is 0. The maximum absolute atomic E-state index is 5.38. The number of ether oxygens (including phenoxy) is 1. The van der Waals surface area contributed by atoms with E-state index in [4.69, 9.17) is 9.16 Å². The summed E-state index contributed by atoms with van der Waals surface area (Å²) in [6.07, 6.45) is 0.449. The first-order valence-corrected chi connectivity index (χ1v) is 5.80. The predicted octanol–water partition coefficient (Wildman–Crippen LogP) is 0.385. The third kappa shape index (κ3) is 2.45. The Balaban J connectivity index is 1.87. The molecule has 1 fully saturated rings. The first-order valence-electron chi connectivity index (χ1n) is 3.02. The van der Waals surface area contributed by atoms with Crippen molar-refractivity contribution in [2.24, 2.45) is 0 Å². The SMILES string of the molecule is C[SiH](C)OCC1CO1. The van der Waals surface area contributed by atoms with Crippen LogP contribution < -0.4 is 0 Å². The van der Waals surface area contributed by atoms with Crippen LogP contribution in [0.1, 0.15) is 0 Å². The second-order valence-electron chi connectivity index (χ2n) is 2.34. The van der Waals surface area contributed by atoms with Gasteiger partial charge in [0.25, 0.3) is 0 Å². The van der Waals surface area contributed by atoms with Gasteiger partial charge in [0, 0.05) is 0 Å². The summed E-state index contributed by atoms with van der Waals surface area (Å²) in [4.78, 5) is 0. The van der Waals surface area contributed by atoms with Gasteiger partial charge in [-0.15, -0.1) is 0 Å². The molecule has 48 valence electrons. The van der Waals surface area contributed by atoms with Crippen LogP contribution in [0.5, 0.6) is 0 Å². The van der Waals surface area contributed by atoms with Gasteiger partial charge in [0.15, 0.2) is 9.04 Å². The molecule has 1 rings (SSSR count). The second kappa shape index (κ2) is 2.62. The summed E-state index contributed by atoms with van der Waals surface area (Å²) >= 11 is 0.